The van der Waals surface area contributed by atoms with Crippen LogP contribution in [-0.2, 0) is 14.6 Å². The van der Waals surface area contributed by atoms with Crippen molar-refractivity contribution in [2.75, 3.05) is 12.9 Å². The number of sulfone groups is 1. The fraction of sp³-hybridized carbons (Fsp3) is 0.667. The van der Waals surface area contributed by atoms with Gasteiger partial charge in [-0.25, -0.2) is 18.2 Å². The van der Waals surface area contributed by atoms with Crippen LogP contribution in [0.1, 0.15) is 43.2 Å². The third-order valence-corrected chi connectivity index (χ3v) is 4.86. The van der Waals surface area contributed by atoms with Crippen LogP contribution in [0.2, 0.25) is 0 Å². The van der Waals surface area contributed by atoms with Gasteiger partial charge in [-0.15, -0.1) is 0 Å². The van der Waals surface area contributed by atoms with Gasteiger partial charge in [0.2, 0.25) is 15.0 Å². The molecule has 0 unspecified atom stereocenters. The molecule has 106 valence electrons. The Labute approximate surface area is 112 Å². The molecule has 6 nitrogen and oxygen atoms in total. The van der Waals surface area contributed by atoms with E-state index in [1.165, 1.54) is 17.9 Å². The van der Waals surface area contributed by atoms with Crippen molar-refractivity contribution in [1.29, 1.82) is 0 Å². The molecule has 1 fully saturated rings. The lowest BCUT2D eigenvalue weighted by molar-refractivity contribution is 0.0587. The number of rotatable bonds is 5. The maximum Gasteiger partial charge on any atom is 0.356 e. The predicted molar refractivity (Wildman–Crippen MR) is 68.7 cm³/mol. The van der Waals surface area contributed by atoms with Crippen LogP contribution in [0.5, 0.6) is 0 Å². The van der Waals surface area contributed by atoms with Crippen LogP contribution >= 0.6 is 0 Å². The molecule has 1 aliphatic carbocycles. The van der Waals surface area contributed by atoms with Crippen molar-refractivity contribution in [2.45, 2.75) is 37.9 Å². The Hall–Kier alpha value is -1.37. The molecule has 1 heterocycles. The predicted octanol–water partition coefficient (Wildman–Crippen LogP) is 1.43. The highest BCUT2D eigenvalue weighted by atomic mass is 32.2. The maximum atomic E-state index is 12.3. The normalized spacial score (nSPS) is 15.8. The second-order valence-corrected chi connectivity index (χ2v) is 7.12. The summed E-state index contributed by atoms with van der Waals surface area (Å²) in [6, 6.07) is 0.0496. The average molecular weight is 286 g/mol. The lowest BCUT2D eigenvalue weighted by atomic mass is 10.3. The van der Waals surface area contributed by atoms with E-state index in [2.05, 4.69) is 9.72 Å². The molecule has 0 spiro atoms. The average Bonchev–Trinajstić information content (AvgIpc) is 3.04. The van der Waals surface area contributed by atoms with Crippen molar-refractivity contribution in [1.82, 2.24) is 9.55 Å². The molecule has 0 aromatic carbocycles. The van der Waals surface area contributed by atoms with Crippen LogP contribution in [0.15, 0.2) is 11.4 Å². The van der Waals surface area contributed by atoms with Crippen LogP contribution < -0.4 is 0 Å². The third kappa shape index (κ3) is 2.80. The number of hydrogen-bond acceptors (Lipinski definition) is 5. The molecule has 0 aliphatic heterocycles. The zero-order chi connectivity index (χ0) is 14.2. The van der Waals surface area contributed by atoms with Gasteiger partial charge in [-0.2, -0.15) is 0 Å². The van der Waals surface area contributed by atoms with E-state index < -0.39 is 15.8 Å². The van der Waals surface area contributed by atoms with E-state index in [0.29, 0.717) is 0 Å². The van der Waals surface area contributed by atoms with Crippen molar-refractivity contribution in [3.05, 3.63) is 11.9 Å². The lowest BCUT2D eigenvalue weighted by Crippen LogP contribution is -2.19. The minimum absolute atomic E-state index is 0.0101. The molecule has 19 heavy (non-hydrogen) atoms. The summed E-state index contributed by atoms with van der Waals surface area (Å²) in [4.78, 5) is 15.6. The number of imidazole rings is 1. The minimum atomic E-state index is -3.47. The van der Waals surface area contributed by atoms with Gasteiger partial charge in [-0.05, 0) is 18.8 Å². The summed E-state index contributed by atoms with van der Waals surface area (Å²) in [6.45, 7) is 3.67. The van der Waals surface area contributed by atoms with Gasteiger partial charge in [0.05, 0.1) is 19.1 Å². The van der Waals surface area contributed by atoms with Crippen molar-refractivity contribution < 1.29 is 17.9 Å². The fourth-order valence-corrected chi connectivity index (χ4v) is 3.82. The van der Waals surface area contributed by atoms with Gasteiger partial charge in [-0.1, -0.05) is 13.8 Å². The zero-order valence-corrected chi connectivity index (χ0v) is 12.1. The number of esters is 1. The molecule has 0 amide bonds. The van der Waals surface area contributed by atoms with Gasteiger partial charge < -0.3 is 9.30 Å². The summed E-state index contributed by atoms with van der Waals surface area (Å²) in [6.07, 6.45) is 3.02. The highest BCUT2D eigenvalue weighted by Gasteiger charge is 2.35. The number of carbonyl (C=O) groups excluding carboxylic acids is 1. The Kier molecular flexibility index (Phi) is 3.66. The molecular formula is C12H18N2O4S. The second kappa shape index (κ2) is 4.96. The van der Waals surface area contributed by atoms with E-state index in [4.69, 9.17) is 0 Å². The first-order chi connectivity index (χ1) is 8.86. The largest absolute Gasteiger partial charge is 0.464 e. The molecule has 1 saturated carbocycles. The number of nitrogens with zero attached hydrogens (tertiary/aromatic N) is 2. The molecule has 0 atom stereocenters. The quantitative estimate of drug-likeness (QED) is 0.765. The van der Waals surface area contributed by atoms with Crippen molar-refractivity contribution in [2.24, 2.45) is 5.92 Å². The zero-order valence-electron chi connectivity index (χ0n) is 11.3. The molecule has 0 saturated heterocycles. The SMILES string of the molecule is COC(=O)c1cnc(S(=O)(=O)CC(C)C)n1C1CC1. The van der Waals surface area contributed by atoms with Crippen molar-refractivity contribution in [3.8, 4) is 0 Å². The van der Waals surface area contributed by atoms with E-state index in [-0.39, 0.29) is 28.6 Å². The number of carbonyl (C=O) groups is 1. The Morgan fingerprint density at radius 2 is 2.16 bits per heavy atom. The number of methoxy groups -OCH3 is 1. The summed E-state index contributed by atoms with van der Waals surface area (Å²) in [5.74, 6) is -0.515. The standard InChI is InChI=1S/C12H18N2O4S/c1-8(2)7-19(16,17)12-13-6-10(11(15)18-3)14(12)9-4-5-9/h6,8-9H,4-5,7H2,1-3H3. The van der Waals surface area contributed by atoms with Gasteiger partial charge in [0.1, 0.15) is 5.69 Å². The first kappa shape index (κ1) is 14.0. The minimum Gasteiger partial charge on any atom is -0.464 e. The van der Waals surface area contributed by atoms with Crippen LogP contribution in [0.4, 0.5) is 0 Å². The highest BCUT2D eigenvalue weighted by Crippen LogP contribution is 2.38. The number of ether oxygens (including phenoxy) is 1. The molecule has 1 aromatic rings. The van der Waals surface area contributed by atoms with Gasteiger partial charge in [0, 0.05) is 6.04 Å². The summed E-state index contributed by atoms with van der Waals surface area (Å²) >= 11 is 0. The first-order valence-corrected chi connectivity index (χ1v) is 7.90. The van der Waals surface area contributed by atoms with Crippen LogP contribution in [0, 0.1) is 5.92 Å². The molecule has 0 bridgehead atoms. The second-order valence-electron chi connectivity index (χ2n) is 5.19. The van der Waals surface area contributed by atoms with Crippen LogP contribution in [0.25, 0.3) is 0 Å². The molecule has 7 heteroatoms. The third-order valence-electron chi connectivity index (χ3n) is 2.90. The van der Waals surface area contributed by atoms with Gasteiger partial charge >= 0.3 is 5.97 Å². The summed E-state index contributed by atoms with van der Waals surface area (Å²) in [7, 11) is -2.20. The monoisotopic (exact) mass is 286 g/mol. The van der Waals surface area contributed by atoms with Gasteiger partial charge in [-0.3, -0.25) is 0 Å². The Bertz CT molecular complexity index is 585. The van der Waals surface area contributed by atoms with Gasteiger partial charge in [0.25, 0.3) is 0 Å². The molecule has 1 aliphatic rings. The smallest absolute Gasteiger partial charge is 0.356 e. The van der Waals surface area contributed by atoms with Crippen molar-refractivity contribution in [3.63, 3.8) is 0 Å². The fourth-order valence-electron chi connectivity index (χ4n) is 2.03. The molecular weight excluding hydrogens is 268 g/mol. The van der Waals surface area contributed by atoms with E-state index in [1.807, 2.05) is 13.8 Å². The number of hydrogen-bond donors (Lipinski definition) is 0. The Balaban J connectivity index is 2.47. The van der Waals surface area contributed by atoms with Crippen LogP contribution in [0.3, 0.4) is 0 Å². The van der Waals surface area contributed by atoms with Crippen LogP contribution in [-0.4, -0.2) is 36.8 Å². The lowest BCUT2D eigenvalue weighted by Gasteiger charge is -2.11. The molecule has 0 radical (unpaired) electrons. The van der Waals surface area contributed by atoms with Gasteiger partial charge in [0.15, 0.2) is 0 Å². The van der Waals surface area contributed by atoms with E-state index in [1.54, 1.807) is 0 Å². The first-order valence-electron chi connectivity index (χ1n) is 6.25. The number of aromatic nitrogens is 2. The maximum absolute atomic E-state index is 12.3. The van der Waals surface area contributed by atoms with E-state index in [9.17, 15) is 13.2 Å². The topological polar surface area (TPSA) is 78.3 Å². The summed E-state index contributed by atoms with van der Waals surface area (Å²) in [5.41, 5.74) is 0.215. The Morgan fingerprint density at radius 1 is 1.53 bits per heavy atom. The van der Waals surface area contributed by atoms with E-state index in [0.717, 1.165) is 12.8 Å². The molecule has 0 N–H and O–H groups in total. The van der Waals surface area contributed by atoms with E-state index >= 15 is 0 Å². The summed E-state index contributed by atoms with van der Waals surface area (Å²) < 4.78 is 30.8. The van der Waals surface area contributed by atoms with Crippen molar-refractivity contribution >= 4 is 15.8 Å². The molecule has 1 aromatic heterocycles. The molecule has 2 rings (SSSR count). The highest BCUT2D eigenvalue weighted by molar-refractivity contribution is 7.91. The Morgan fingerprint density at radius 3 is 2.63 bits per heavy atom. The summed E-state index contributed by atoms with van der Waals surface area (Å²) in [5, 5.41) is -0.0101.